The Balaban J connectivity index is 2.02. The van der Waals surface area contributed by atoms with E-state index in [1.807, 2.05) is 7.05 Å². The normalized spacial score (nSPS) is 21.3. The molecule has 1 aromatic carbocycles. The summed E-state index contributed by atoms with van der Waals surface area (Å²) in [5.41, 5.74) is 0.361. The summed E-state index contributed by atoms with van der Waals surface area (Å²) in [6, 6.07) is 5.78. The molecule has 0 bridgehead atoms. The lowest BCUT2D eigenvalue weighted by Gasteiger charge is -2.38. The Morgan fingerprint density at radius 1 is 1.42 bits per heavy atom. The van der Waals surface area contributed by atoms with Crippen LogP contribution in [0, 0.1) is 17.7 Å². The molecule has 0 radical (unpaired) electrons. The molecule has 1 heterocycles. The zero-order valence-electron chi connectivity index (χ0n) is 14.4. The number of likely N-dealkylation sites (N-methyl/N-ethyl adjacent to an activating group) is 1. The molecule has 1 fully saturated rings. The van der Waals surface area contributed by atoms with Gasteiger partial charge in [0.25, 0.3) is 5.91 Å². The highest BCUT2D eigenvalue weighted by molar-refractivity contribution is 5.94. The van der Waals surface area contributed by atoms with Gasteiger partial charge in [-0.1, -0.05) is 6.07 Å². The summed E-state index contributed by atoms with van der Waals surface area (Å²) in [5, 5.41) is 9.57. The van der Waals surface area contributed by atoms with Crippen molar-refractivity contribution >= 4 is 5.91 Å². The maximum atomic E-state index is 13.4. The topological polar surface area (TPSA) is 53.0 Å². The van der Waals surface area contributed by atoms with Gasteiger partial charge in [-0.3, -0.25) is 4.79 Å². The molecule has 0 aromatic heterocycles. The van der Waals surface area contributed by atoms with E-state index in [1.165, 1.54) is 12.1 Å². The second-order valence-electron chi connectivity index (χ2n) is 6.63. The minimum Gasteiger partial charge on any atom is -0.396 e. The predicted molar refractivity (Wildman–Crippen MR) is 90.4 cm³/mol. The van der Waals surface area contributed by atoms with Crippen LogP contribution in [0.15, 0.2) is 24.3 Å². The van der Waals surface area contributed by atoms with Gasteiger partial charge in [0, 0.05) is 45.5 Å². The molecule has 1 saturated heterocycles. The van der Waals surface area contributed by atoms with Gasteiger partial charge in [0.05, 0.1) is 6.61 Å². The Kier molecular flexibility index (Phi) is 7.15. The van der Waals surface area contributed by atoms with Crippen LogP contribution in [0.5, 0.6) is 0 Å². The van der Waals surface area contributed by atoms with Crippen molar-refractivity contribution in [1.82, 2.24) is 9.80 Å². The van der Waals surface area contributed by atoms with E-state index in [0.29, 0.717) is 25.3 Å². The highest BCUT2D eigenvalue weighted by atomic mass is 19.1. The molecule has 0 aliphatic carbocycles. The van der Waals surface area contributed by atoms with Gasteiger partial charge in [-0.2, -0.15) is 0 Å². The summed E-state index contributed by atoms with van der Waals surface area (Å²) in [5.74, 6) is -0.225. The van der Waals surface area contributed by atoms with E-state index in [2.05, 4.69) is 4.90 Å². The molecular formula is C18H27FN2O3. The summed E-state index contributed by atoms with van der Waals surface area (Å²) in [4.78, 5) is 16.6. The number of aliphatic hydroxyl groups excluding tert-OH is 1. The van der Waals surface area contributed by atoms with Crippen molar-refractivity contribution in [2.24, 2.45) is 11.8 Å². The minimum absolute atomic E-state index is 0.0607. The number of methoxy groups -OCH3 is 1. The third-order valence-corrected chi connectivity index (χ3v) is 4.49. The molecule has 0 unspecified atom stereocenters. The van der Waals surface area contributed by atoms with Crippen molar-refractivity contribution in [3.63, 3.8) is 0 Å². The molecule has 1 amide bonds. The summed E-state index contributed by atoms with van der Waals surface area (Å²) in [6.07, 6.45) is 0.890. The number of likely N-dealkylation sites (tertiary alicyclic amines) is 1. The Morgan fingerprint density at radius 3 is 2.83 bits per heavy atom. The number of carbonyl (C=O) groups is 1. The molecule has 1 aromatic rings. The maximum Gasteiger partial charge on any atom is 0.253 e. The van der Waals surface area contributed by atoms with Crippen LogP contribution in [0.1, 0.15) is 16.8 Å². The van der Waals surface area contributed by atoms with Crippen LogP contribution in [-0.2, 0) is 4.74 Å². The largest absolute Gasteiger partial charge is 0.396 e. The number of rotatable bonds is 7. The van der Waals surface area contributed by atoms with Crippen LogP contribution in [0.25, 0.3) is 0 Å². The second kappa shape index (κ2) is 9.11. The monoisotopic (exact) mass is 338 g/mol. The molecule has 5 nitrogen and oxygen atoms in total. The fourth-order valence-corrected chi connectivity index (χ4v) is 3.33. The molecule has 134 valence electrons. The number of piperidine rings is 1. The number of amides is 1. The highest BCUT2D eigenvalue weighted by Gasteiger charge is 2.30. The average Bonchev–Trinajstić information content (AvgIpc) is 2.58. The van der Waals surface area contributed by atoms with E-state index in [9.17, 15) is 14.3 Å². The minimum atomic E-state index is -0.410. The van der Waals surface area contributed by atoms with Crippen LogP contribution in [0.3, 0.4) is 0 Å². The first-order chi connectivity index (χ1) is 11.5. The molecule has 24 heavy (non-hydrogen) atoms. The molecule has 2 rings (SSSR count). The van der Waals surface area contributed by atoms with Crippen molar-refractivity contribution < 1.29 is 19.0 Å². The first-order valence-corrected chi connectivity index (χ1v) is 8.36. The van der Waals surface area contributed by atoms with Crippen LogP contribution in [-0.4, -0.2) is 74.4 Å². The SMILES string of the molecule is COCCN(C)C[C@H]1C[C@H](CO)CN(C(=O)c2cccc(F)c2)C1. The van der Waals surface area contributed by atoms with Crippen LogP contribution in [0.4, 0.5) is 4.39 Å². The van der Waals surface area contributed by atoms with Gasteiger partial charge in [0.2, 0.25) is 0 Å². The fraction of sp³-hybridized carbons (Fsp3) is 0.611. The number of aliphatic hydroxyl groups is 1. The van der Waals surface area contributed by atoms with E-state index < -0.39 is 5.82 Å². The number of nitrogens with zero attached hydrogens (tertiary/aromatic N) is 2. The lowest BCUT2D eigenvalue weighted by atomic mass is 9.89. The van der Waals surface area contributed by atoms with Crippen molar-refractivity contribution in [3.05, 3.63) is 35.6 Å². The zero-order chi connectivity index (χ0) is 17.5. The van der Waals surface area contributed by atoms with E-state index in [-0.39, 0.29) is 24.3 Å². The van der Waals surface area contributed by atoms with Gasteiger partial charge < -0.3 is 19.6 Å². The molecule has 6 heteroatoms. The first-order valence-electron chi connectivity index (χ1n) is 8.36. The lowest BCUT2D eigenvalue weighted by Crippen LogP contribution is -2.47. The van der Waals surface area contributed by atoms with Gasteiger partial charge in [-0.05, 0) is 43.5 Å². The summed E-state index contributed by atoms with van der Waals surface area (Å²) >= 11 is 0. The average molecular weight is 338 g/mol. The zero-order valence-corrected chi connectivity index (χ0v) is 14.4. The van der Waals surface area contributed by atoms with Gasteiger partial charge in [-0.15, -0.1) is 0 Å². The van der Waals surface area contributed by atoms with Crippen LogP contribution >= 0.6 is 0 Å². The van der Waals surface area contributed by atoms with Gasteiger partial charge in [0.1, 0.15) is 5.82 Å². The summed E-state index contributed by atoms with van der Waals surface area (Å²) < 4.78 is 18.5. The van der Waals surface area contributed by atoms with Gasteiger partial charge >= 0.3 is 0 Å². The van der Waals surface area contributed by atoms with E-state index >= 15 is 0 Å². The molecule has 0 saturated carbocycles. The third-order valence-electron chi connectivity index (χ3n) is 4.49. The standard InChI is InChI=1S/C18H27FN2O3/c1-20(6-7-24-2)10-14-8-15(13-22)12-21(11-14)18(23)16-4-3-5-17(19)9-16/h3-5,9,14-15,22H,6-8,10-13H2,1-2H3/t14-,15+/m1/s1. The maximum absolute atomic E-state index is 13.4. The molecule has 1 aliphatic heterocycles. The third kappa shape index (κ3) is 5.26. The Hall–Kier alpha value is -1.50. The van der Waals surface area contributed by atoms with E-state index in [4.69, 9.17) is 4.74 Å². The smallest absolute Gasteiger partial charge is 0.253 e. The number of hydrogen-bond donors (Lipinski definition) is 1. The number of carbonyl (C=O) groups excluding carboxylic acids is 1. The fourth-order valence-electron chi connectivity index (χ4n) is 3.33. The van der Waals surface area contributed by atoms with E-state index in [1.54, 1.807) is 24.1 Å². The summed E-state index contributed by atoms with van der Waals surface area (Å²) in [7, 11) is 3.70. The van der Waals surface area contributed by atoms with Crippen molar-refractivity contribution in [3.8, 4) is 0 Å². The molecule has 1 aliphatic rings. The molecular weight excluding hydrogens is 311 g/mol. The first kappa shape index (κ1) is 18.8. The Morgan fingerprint density at radius 2 is 2.17 bits per heavy atom. The van der Waals surface area contributed by atoms with Gasteiger partial charge in [-0.25, -0.2) is 4.39 Å². The molecule has 0 spiro atoms. The Labute approximate surface area is 143 Å². The van der Waals surface area contributed by atoms with Crippen molar-refractivity contribution in [2.75, 3.05) is 53.6 Å². The lowest BCUT2D eigenvalue weighted by molar-refractivity contribution is 0.0450. The van der Waals surface area contributed by atoms with Crippen molar-refractivity contribution in [2.45, 2.75) is 6.42 Å². The quantitative estimate of drug-likeness (QED) is 0.818. The Bertz CT molecular complexity index is 541. The number of hydrogen-bond acceptors (Lipinski definition) is 4. The van der Waals surface area contributed by atoms with Crippen molar-refractivity contribution in [1.29, 1.82) is 0 Å². The predicted octanol–water partition coefficient (Wildman–Crippen LogP) is 1.47. The number of ether oxygens (including phenoxy) is 1. The molecule has 2 atom stereocenters. The second-order valence-corrected chi connectivity index (χ2v) is 6.63. The van der Waals surface area contributed by atoms with Crippen LogP contribution < -0.4 is 0 Å². The summed E-state index contributed by atoms with van der Waals surface area (Å²) in [6.45, 7) is 3.54. The molecule has 1 N–H and O–H groups in total. The highest BCUT2D eigenvalue weighted by Crippen LogP contribution is 2.24. The number of benzene rings is 1. The number of halogens is 1. The van der Waals surface area contributed by atoms with Crippen LogP contribution in [0.2, 0.25) is 0 Å². The van der Waals surface area contributed by atoms with E-state index in [0.717, 1.165) is 19.5 Å². The van der Waals surface area contributed by atoms with Gasteiger partial charge in [0.15, 0.2) is 0 Å².